The first-order valence-corrected chi connectivity index (χ1v) is 12.5. The van der Waals surface area contributed by atoms with E-state index in [1.807, 2.05) is 11.8 Å². The molecule has 0 radical (unpaired) electrons. The minimum Gasteiger partial charge on any atom is -0.461 e. The Balaban J connectivity index is 1.35. The Hall–Kier alpha value is -0.730. The molecule has 1 aromatic carbocycles. The van der Waals surface area contributed by atoms with Crippen LogP contribution in [0.15, 0.2) is 18.2 Å². The van der Waals surface area contributed by atoms with Crippen molar-refractivity contribution < 1.29 is 14.3 Å². The van der Waals surface area contributed by atoms with Gasteiger partial charge in [-0.25, -0.2) is 4.79 Å². The topological polar surface area (TPSA) is 67.4 Å². The van der Waals surface area contributed by atoms with Gasteiger partial charge in [-0.1, -0.05) is 56.5 Å². The van der Waals surface area contributed by atoms with E-state index in [4.69, 9.17) is 4.74 Å². The van der Waals surface area contributed by atoms with E-state index in [1.165, 1.54) is 11.1 Å². The molecule has 0 aromatic heterocycles. The summed E-state index contributed by atoms with van der Waals surface area (Å²) in [5, 5.41) is 7.97. The molecule has 8 heteroatoms. The molecule has 3 atom stereocenters. The van der Waals surface area contributed by atoms with E-state index in [2.05, 4.69) is 60.7 Å². The third-order valence-corrected chi connectivity index (χ3v) is 7.68. The smallest absolute Gasteiger partial charge is 0.315 e. The molecule has 2 fully saturated rings. The Morgan fingerprint density at radius 3 is 2.52 bits per heavy atom. The summed E-state index contributed by atoms with van der Waals surface area (Å²) >= 11 is 8.86. The molecule has 1 aromatic rings. The number of esters is 1. The van der Waals surface area contributed by atoms with E-state index in [0.717, 1.165) is 41.2 Å². The number of urea groups is 1. The molecule has 3 rings (SSSR count). The second-order valence-electron chi connectivity index (χ2n) is 6.95. The number of fused-ring (bicyclic) bond motifs is 1. The predicted octanol–water partition coefficient (Wildman–Crippen LogP) is 4.25. The first-order valence-electron chi connectivity index (χ1n) is 9.17. The van der Waals surface area contributed by atoms with Crippen LogP contribution < -0.4 is 10.6 Å². The minimum absolute atomic E-state index is 0.0501. The van der Waals surface area contributed by atoms with Crippen molar-refractivity contribution in [3.05, 3.63) is 34.9 Å². The first-order chi connectivity index (χ1) is 13.1. The molecular weight excluding hydrogens is 496 g/mol. The van der Waals surface area contributed by atoms with Crippen LogP contribution in [0.3, 0.4) is 0 Å². The van der Waals surface area contributed by atoms with Crippen molar-refractivity contribution in [1.29, 1.82) is 0 Å². The molecule has 2 amide bonds. The number of thioether (sulfide) groups is 1. The van der Waals surface area contributed by atoms with Crippen LogP contribution in [0, 0.1) is 0 Å². The maximum Gasteiger partial charge on any atom is 0.315 e. The molecule has 2 aliphatic heterocycles. The standard InChI is InChI=1S/C19H24Br2N2O3S/c20-8-12-5-13(9-21)7-14(6-12)10-26-17(24)4-2-1-3-16-18-15(11-27-16)22-19(25)23-18/h5-7,15-16,18H,1-4,8-11H2,(H2,22,23,25)/t15-,16-,18-/m0/s1. The quantitative estimate of drug-likeness (QED) is 0.221. The van der Waals surface area contributed by atoms with Crippen LogP contribution in [0.1, 0.15) is 42.4 Å². The van der Waals surface area contributed by atoms with E-state index in [1.54, 1.807) is 0 Å². The fraction of sp³-hybridized carbons (Fsp3) is 0.579. The molecule has 0 spiro atoms. The SMILES string of the molecule is O=C1N[C@H]2[C@H](CS[C@H]2CCCCC(=O)OCc2cc(CBr)cc(CBr)c2)N1. The summed E-state index contributed by atoms with van der Waals surface area (Å²) in [7, 11) is 0. The number of alkyl halides is 2. The molecule has 0 aliphatic carbocycles. The van der Waals surface area contributed by atoms with Crippen molar-refractivity contribution >= 4 is 55.6 Å². The third-order valence-electron chi connectivity index (χ3n) is 4.88. The van der Waals surface area contributed by atoms with Crippen molar-refractivity contribution in [3.63, 3.8) is 0 Å². The number of carbonyl (C=O) groups excluding carboxylic acids is 2. The lowest BCUT2D eigenvalue weighted by Gasteiger charge is -2.16. The number of unbranched alkanes of at least 4 members (excludes halogenated alkanes) is 1. The number of rotatable bonds is 9. The molecule has 2 N–H and O–H groups in total. The molecule has 2 heterocycles. The molecule has 0 unspecified atom stereocenters. The lowest BCUT2D eigenvalue weighted by molar-refractivity contribution is -0.145. The van der Waals surface area contributed by atoms with E-state index < -0.39 is 0 Å². The number of hydrogen-bond donors (Lipinski definition) is 2. The highest BCUT2D eigenvalue weighted by molar-refractivity contribution is 9.08. The van der Waals surface area contributed by atoms with Crippen LogP contribution in [0.5, 0.6) is 0 Å². The molecular formula is C19H24Br2N2O3S. The normalized spacial score (nSPS) is 23.6. The summed E-state index contributed by atoms with van der Waals surface area (Å²) in [6, 6.07) is 6.70. The number of ether oxygens (including phenoxy) is 1. The van der Waals surface area contributed by atoms with Crippen molar-refractivity contribution in [2.75, 3.05) is 5.75 Å². The number of halogens is 2. The second-order valence-corrected chi connectivity index (χ2v) is 9.35. The van der Waals surface area contributed by atoms with Crippen LogP contribution >= 0.6 is 43.6 Å². The lowest BCUT2D eigenvalue weighted by atomic mass is 10.0. The van der Waals surface area contributed by atoms with E-state index in [9.17, 15) is 9.59 Å². The molecule has 0 bridgehead atoms. The van der Waals surface area contributed by atoms with Gasteiger partial charge >= 0.3 is 12.0 Å². The van der Waals surface area contributed by atoms with Gasteiger partial charge in [0.2, 0.25) is 0 Å². The summed E-state index contributed by atoms with van der Waals surface area (Å²) < 4.78 is 5.44. The van der Waals surface area contributed by atoms with Crippen LogP contribution in [-0.4, -0.2) is 35.1 Å². The van der Waals surface area contributed by atoms with Crippen LogP contribution in [-0.2, 0) is 26.8 Å². The number of carbonyl (C=O) groups is 2. The monoisotopic (exact) mass is 518 g/mol. The Morgan fingerprint density at radius 1 is 1.11 bits per heavy atom. The van der Waals surface area contributed by atoms with E-state index >= 15 is 0 Å². The number of amides is 2. The minimum atomic E-state index is -0.146. The number of benzene rings is 1. The van der Waals surface area contributed by atoms with E-state index in [-0.39, 0.29) is 24.1 Å². The van der Waals surface area contributed by atoms with Gasteiger partial charge in [-0.2, -0.15) is 11.8 Å². The molecule has 148 valence electrons. The average molecular weight is 520 g/mol. The fourth-order valence-corrected chi connectivity index (χ4v) is 5.76. The highest BCUT2D eigenvalue weighted by Gasteiger charge is 2.42. The zero-order valence-corrected chi connectivity index (χ0v) is 19.0. The summed E-state index contributed by atoms with van der Waals surface area (Å²) in [5.74, 6) is 0.826. The summed E-state index contributed by atoms with van der Waals surface area (Å²) in [6.07, 6.45) is 3.25. The van der Waals surface area contributed by atoms with Gasteiger partial charge in [-0.3, -0.25) is 4.79 Å². The van der Waals surface area contributed by atoms with Crippen molar-refractivity contribution in [2.45, 2.75) is 60.3 Å². The molecule has 27 heavy (non-hydrogen) atoms. The molecule has 2 saturated heterocycles. The van der Waals surface area contributed by atoms with Gasteiger partial charge < -0.3 is 15.4 Å². The first kappa shape index (κ1) is 21.0. The lowest BCUT2D eigenvalue weighted by Crippen LogP contribution is -2.36. The van der Waals surface area contributed by atoms with Crippen LogP contribution in [0.2, 0.25) is 0 Å². The highest BCUT2D eigenvalue weighted by atomic mass is 79.9. The zero-order chi connectivity index (χ0) is 19.2. The van der Waals surface area contributed by atoms with Crippen molar-refractivity contribution in [3.8, 4) is 0 Å². The largest absolute Gasteiger partial charge is 0.461 e. The van der Waals surface area contributed by atoms with Gasteiger partial charge in [-0.15, -0.1) is 0 Å². The summed E-state index contributed by atoms with van der Waals surface area (Å²) in [6.45, 7) is 0.319. The molecule has 5 nitrogen and oxygen atoms in total. The second kappa shape index (κ2) is 10.2. The number of nitrogens with one attached hydrogen (secondary N) is 2. The Labute approximate surface area is 181 Å². The Kier molecular flexibility index (Phi) is 7.90. The molecule has 2 aliphatic rings. The van der Waals surface area contributed by atoms with Gasteiger partial charge in [0.25, 0.3) is 0 Å². The van der Waals surface area contributed by atoms with Gasteiger partial charge in [-0.05, 0) is 29.5 Å². The maximum atomic E-state index is 12.0. The third kappa shape index (κ3) is 5.87. The average Bonchev–Trinajstić information content (AvgIpc) is 3.22. The van der Waals surface area contributed by atoms with E-state index in [0.29, 0.717) is 18.3 Å². The Bertz CT molecular complexity index is 667. The van der Waals surface area contributed by atoms with Crippen LogP contribution in [0.25, 0.3) is 0 Å². The number of hydrogen-bond acceptors (Lipinski definition) is 4. The maximum absolute atomic E-state index is 12.0. The fourth-order valence-electron chi connectivity index (χ4n) is 3.57. The van der Waals surface area contributed by atoms with Gasteiger partial charge in [0, 0.05) is 28.1 Å². The van der Waals surface area contributed by atoms with Crippen LogP contribution in [0.4, 0.5) is 4.79 Å². The summed E-state index contributed by atoms with van der Waals surface area (Å²) in [5.41, 5.74) is 3.38. The summed E-state index contributed by atoms with van der Waals surface area (Å²) in [4.78, 5) is 23.4. The highest BCUT2D eigenvalue weighted by Crippen LogP contribution is 2.33. The predicted molar refractivity (Wildman–Crippen MR) is 115 cm³/mol. The van der Waals surface area contributed by atoms with Crippen molar-refractivity contribution in [1.82, 2.24) is 10.6 Å². The van der Waals surface area contributed by atoms with Gasteiger partial charge in [0.1, 0.15) is 6.61 Å². The molecule has 0 saturated carbocycles. The zero-order valence-electron chi connectivity index (χ0n) is 15.0. The Morgan fingerprint density at radius 2 is 1.81 bits per heavy atom. The van der Waals surface area contributed by atoms with Gasteiger partial charge in [0.05, 0.1) is 12.1 Å². The van der Waals surface area contributed by atoms with Crippen molar-refractivity contribution in [2.24, 2.45) is 0 Å². The van der Waals surface area contributed by atoms with Gasteiger partial charge in [0.15, 0.2) is 0 Å².